The van der Waals surface area contributed by atoms with E-state index in [1.807, 2.05) is 0 Å². The van der Waals surface area contributed by atoms with E-state index < -0.39 is 54.8 Å². The van der Waals surface area contributed by atoms with Crippen LogP contribution < -0.4 is 16.0 Å². The highest BCUT2D eigenvalue weighted by Crippen LogP contribution is 2.13. The summed E-state index contributed by atoms with van der Waals surface area (Å²) in [5.41, 5.74) is 0. The van der Waals surface area contributed by atoms with Crippen molar-refractivity contribution in [2.75, 3.05) is 19.7 Å². The fourth-order valence-corrected chi connectivity index (χ4v) is 4.01. The predicted octanol–water partition coefficient (Wildman–Crippen LogP) is -0.295. The van der Waals surface area contributed by atoms with E-state index in [1.54, 1.807) is 5.32 Å². The third-order valence-electron chi connectivity index (χ3n) is 6.59. The molecule has 13 heteroatoms. The zero-order valence-corrected chi connectivity index (χ0v) is 23.7. The van der Waals surface area contributed by atoms with Crippen LogP contribution in [0, 0.1) is 0 Å². The van der Waals surface area contributed by atoms with Crippen molar-refractivity contribution in [1.82, 2.24) is 16.0 Å². The second-order valence-electron chi connectivity index (χ2n) is 10.1. The summed E-state index contributed by atoms with van der Waals surface area (Å²) >= 11 is 0. The molecular weight excluding hydrogens is 526 g/mol. The molecule has 0 aliphatic carbocycles. The Bertz CT molecular complexity index is 725. The topological polar surface area (TPSA) is 226 Å². The van der Waals surface area contributed by atoms with E-state index in [-0.39, 0.29) is 19.0 Å². The van der Waals surface area contributed by atoms with Gasteiger partial charge in [-0.3, -0.25) is 14.4 Å². The lowest BCUT2D eigenvalue weighted by Crippen LogP contribution is -2.56. The molecule has 0 saturated carbocycles. The lowest BCUT2D eigenvalue weighted by molar-refractivity contribution is -0.157. The number of hydrogen-bond acceptors (Lipinski definition) is 9. The molecule has 5 atom stereocenters. The Hall–Kier alpha value is -2.32. The summed E-state index contributed by atoms with van der Waals surface area (Å²) in [6.45, 7) is 1.22. The second kappa shape index (κ2) is 23.4. The van der Waals surface area contributed by atoms with Gasteiger partial charge in [0.25, 0.3) is 11.8 Å². The van der Waals surface area contributed by atoms with Crippen molar-refractivity contribution < 1.29 is 49.8 Å². The summed E-state index contributed by atoms with van der Waals surface area (Å²) < 4.78 is 0. The van der Waals surface area contributed by atoms with E-state index in [0.717, 1.165) is 19.3 Å². The first-order chi connectivity index (χ1) is 19.1. The maximum Gasteiger partial charge on any atom is 0.328 e. The summed E-state index contributed by atoms with van der Waals surface area (Å²) in [6, 6.07) is -1.76. The number of unbranched alkanes of at least 4 members (excludes halogenated alkanes) is 12. The first kappa shape index (κ1) is 37.7. The Labute approximate surface area is 236 Å². The molecule has 40 heavy (non-hydrogen) atoms. The zero-order chi connectivity index (χ0) is 30.3. The van der Waals surface area contributed by atoms with Gasteiger partial charge in [-0.05, 0) is 6.42 Å². The molecule has 0 fully saturated rings. The van der Waals surface area contributed by atoms with Gasteiger partial charge in [0.1, 0.15) is 18.2 Å². The lowest BCUT2D eigenvalue weighted by atomic mass is 10.0. The van der Waals surface area contributed by atoms with Crippen LogP contribution in [0.3, 0.4) is 0 Å². The van der Waals surface area contributed by atoms with Crippen LogP contribution >= 0.6 is 0 Å². The normalized spacial score (nSPS) is 14.9. The molecule has 0 spiro atoms. The van der Waals surface area contributed by atoms with Crippen LogP contribution in [0.5, 0.6) is 0 Å². The zero-order valence-electron chi connectivity index (χ0n) is 23.7. The van der Waals surface area contributed by atoms with Gasteiger partial charge in [-0.2, -0.15) is 0 Å². The molecule has 234 valence electrons. The molecular formula is C27H51N3O10. The van der Waals surface area contributed by atoms with E-state index in [9.17, 15) is 39.6 Å². The fraction of sp³-hybridized carbons (Fsp3) is 0.852. The number of aliphatic hydroxyl groups is 5. The molecule has 0 aliphatic rings. The van der Waals surface area contributed by atoms with Gasteiger partial charge in [0.05, 0.1) is 6.61 Å². The predicted molar refractivity (Wildman–Crippen MR) is 147 cm³/mol. The number of aliphatic carboxylic acids is 1. The molecule has 0 radical (unpaired) electrons. The van der Waals surface area contributed by atoms with Gasteiger partial charge >= 0.3 is 5.97 Å². The SMILES string of the molecule is CCCCCCCCCCCCCCCC(=O)NCCNC(=O)C(O)C(O)C(O)C(O)C(=O)NC(CO)C(=O)O. The molecule has 0 aromatic heterocycles. The van der Waals surface area contributed by atoms with Crippen LogP contribution in [0.1, 0.15) is 96.8 Å². The van der Waals surface area contributed by atoms with Crippen molar-refractivity contribution in [3.05, 3.63) is 0 Å². The molecule has 5 unspecified atom stereocenters. The van der Waals surface area contributed by atoms with Gasteiger partial charge in [-0.25, -0.2) is 4.79 Å². The summed E-state index contributed by atoms with van der Waals surface area (Å²) in [5.74, 6) is -4.34. The summed E-state index contributed by atoms with van der Waals surface area (Å²) in [4.78, 5) is 46.6. The van der Waals surface area contributed by atoms with Gasteiger partial charge in [0.2, 0.25) is 5.91 Å². The first-order valence-electron chi connectivity index (χ1n) is 14.5. The van der Waals surface area contributed by atoms with Crippen LogP contribution in [-0.2, 0) is 19.2 Å². The highest BCUT2D eigenvalue weighted by atomic mass is 16.4. The van der Waals surface area contributed by atoms with Crippen molar-refractivity contribution in [3.63, 3.8) is 0 Å². The quantitative estimate of drug-likeness (QED) is 0.0644. The molecule has 0 bridgehead atoms. The van der Waals surface area contributed by atoms with Crippen LogP contribution in [-0.4, -0.2) is 104 Å². The van der Waals surface area contributed by atoms with Crippen LogP contribution in [0.25, 0.3) is 0 Å². The van der Waals surface area contributed by atoms with Crippen LogP contribution in [0.15, 0.2) is 0 Å². The number of hydrogen-bond donors (Lipinski definition) is 9. The second-order valence-corrected chi connectivity index (χ2v) is 10.1. The Morgan fingerprint density at radius 1 is 0.625 bits per heavy atom. The van der Waals surface area contributed by atoms with Crippen molar-refractivity contribution in [2.24, 2.45) is 0 Å². The van der Waals surface area contributed by atoms with Crippen molar-refractivity contribution in [1.29, 1.82) is 0 Å². The number of carbonyl (C=O) groups excluding carboxylic acids is 3. The molecule has 0 aromatic carbocycles. The standard InChI is InChI=1S/C27H51N3O10/c1-2-3-4-5-6-7-8-9-10-11-12-13-14-15-20(32)28-16-17-29-25(37)23(35)21(33)22(34)24(36)26(38)30-19(18-31)27(39)40/h19,21-24,31,33-36H,2-18H2,1H3,(H,28,32)(H,29,37)(H,30,38)(H,39,40). The van der Waals surface area contributed by atoms with E-state index in [4.69, 9.17) is 10.2 Å². The number of nitrogens with one attached hydrogen (secondary N) is 3. The Kier molecular flexibility index (Phi) is 22.0. The maximum atomic E-state index is 12.0. The Morgan fingerprint density at radius 2 is 1.05 bits per heavy atom. The maximum absolute atomic E-state index is 12.0. The van der Waals surface area contributed by atoms with E-state index in [1.165, 1.54) is 64.2 Å². The molecule has 13 nitrogen and oxygen atoms in total. The Morgan fingerprint density at radius 3 is 1.50 bits per heavy atom. The number of aliphatic hydroxyl groups excluding tert-OH is 5. The first-order valence-corrected chi connectivity index (χ1v) is 14.5. The number of carboxylic acid groups (broad SMARTS) is 1. The van der Waals surface area contributed by atoms with Crippen molar-refractivity contribution in [3.8, 4) is 0 Å². The average Bonchev–Trinajstić information content (AvgIpc) is 2.94. The average molecular weight is 578 g/mol. The third kappa shape index (κ3) is 17.4. The smallest absolute Gasteiger partial charge is 0.328 e. The summed E-state index contributed by atoms with van der Waals surface area (Å²) in [6.07, 6.45) is 6.82. The number of rotatable bonds is 25. The lowest BCUT2D eigenvalue weighted by Gasteiger charge is -2.26. The molecule has 0 aromatic rings. The summed E-state index contributed by atoms with van der Waals surface area (Å²) in [7, 11) is 0. The number of carboxylic acids is 1. The molecule has 0 saturated heterocycles. The van der Waals surface area contributed by atoms with Crippen LogP contribution in [0.4, 0.5) is 0 Å². The highest BCUT2D eigenvalue weighted by molar-refractivity contribution is 5.87. The molecule has 9 N–H and O–H groups in total. The summed E-state index contributed by atoms with van der Waals surface area (Å²) in [5, 5.41) is 63.8. The molecule has 3 amide bonds. The van der Waals surface area contributed by atoms with Gasteiger partial charge in [0, 0.05) is 19.5 Å². The van der Waals surface area contributed by atoms with E-state index >= 15 is 0 Å². The van der Waals surface area contributed by atoms with Crippen molar-refractivity contribution in [2.45, 2.75) is 127 Å². The highest BCUT2D eigenvalue weighted by Gasteiger charge is 2.38. The van der Waals surface area contributed by atoms with Gasteiger partial charge in [-0.15, -0.1) is 0 Å². The van der Waals surface area contributed by atoms with E-state index in [2.05, 4.69) is 17.6 Å². The number of carbonyl (C=O) groups is 4. The van der Waals surface area contributed by atoms with E-state index in [0.29, 0.717) is 6.42 Å². The molecule has 0 aliphatic heterocycles. The van der Waals surface area contributed by atoms with Crippen LogP contribution in [0.2, 0.25) is 0 Å². The Balaban J connectivity index is 3.97. The van der Waals surface area contributed by atoms with Gasteiger partial charge in [0.15, 0.2) is 12.2 Å². The molecule has 0 heterocycles. The van der Waals surface area contributed by atoms with Gasteiger partial charge in [-0.1, -0.05) is 84.0 Å². The fourth-order valence-electron chi connectivity index (χ4n) is 4.01. The van der Waals surface area contributed by atoms with Crippen molar-refractivity contribution >= 4 is 23.7 Å². The third-order valence-corrected chi connectivity index (χ3v) is 6.59. The minimum absolute atomic E-state index is 0.0666. The monoisotopic (exact) mass is 577 g/mol. The largest absolute Gasteiger partial charge is 0.480 e. The minimum Gasteiger partial charge on any atom is -0.480 e. The van der Waals surface area contributed by atoms with Gasteiger partial charge < -0.3 is 46.6 Å². The minimum atomic E-state index is -2.39. The molecule has 0 rings (SSSR count). The number of amides is 3.